The number of allylic oxidation sites excluding steroid dienone is 2. The van der Waals surface area contributed by atoms with Gasteiger partial charge in [-0.05, 0) is 46.7 Å². The molecule has 0 saturated carbocycles. The van der Waals surface area contributed by atoms with Crippen LogP contribution in [-0.2, 0) is 0 Å². The molecule has 4 heterocycles. The van der Waals surface area contributed by atoms with E-state index in [1.807, 2.05) is 18.2 Å². The molecule has 0 radical (unpaired) electrons. The van der Waals surface area contributed by atoms with E-state index in [2.05, 4.69) is 149 Å². The molecule has 9 aromatic rings. The van der Waals surface area contributed by atoms with Crippen molar-refractivity contribution >= 4 is 66.2 Å². The van der Waals surface area contributed by atoms with Gasteiger partial charge in [-0.25, -0.2) is 9.97 Å². The van der Waals surface area contributed by atoms with Crippen LogP contribution >= 0.6 is 0 Å². The number of anilines is 2. The molecule has 1 aliphatic heterocycles. The van der Waals surface area contributed by atoms with Crippen molar-refractivity contribution in [2.45, 2.75) is 12.0 Å². The zero-order valence-electron chi connectivity index (χ0n) is 26.4. The predicted molar refractivity (Wildman–Crippen MR) is 200 cm³/mol. The van der Waals surface area contributed by atoms with Gasteiger partial charge in [-0.15, -0.1) is 0 Å². The molecule has 0 amide bonds. The van der Waals surface area contributed by atoms with E-state index >= 15 is 0 Å². The average Bonchev–Trinajstić information content (AvgIpc) is 3.82. The smallest absolute Gasteiger partial charge is 0.196 e. The van der Waals surface area contributed by atoms with E-state index in [-0.39, 0.29) is 12.0 Å². The minimum Gasteiger partial charge on any atom is -0.450 e. The summed E-state index contributed by atoms with van der Waals surface area (Å²) in [5.74, 6) is 1.59. The fourth-order valence-corrected chi connectivity index (χ4v) is 8.14. The second-order valence-electron chi connectivity index (χ2n) is 13.0. The van der Waals surface area contributed by atoms with Crippen LogP contribution in [0.3, 0.4) is 0 Å². The molecule has 5 heteroatoms. The van der Waals surface area contributed by atoms with Crippen molar-refractivity contribution in [3.63, 3.8) is 0 Å². The molecule has 1 aliphatic carbocycles. The van der Waals surface area contributed by atoms with Gasteiger partial charge in [-0.3, -0.25) is 0 Å². The Labute approximate surface area is 281 Å². The first-order valence-electron chi connectivity index (χ1n) is 16.8. The number of furan rings is 1. The number of aromatic nitrogens is 3. The van der Waals surface area contributed by atoms with Crippen molar-refractivity contribution in [3.05, 3.63) is 163 Å². The maximum atomic E-state index is 6.86. The lowest BCUT2D eigenvalue weighted by Gasteiger charge is -2.28. The first-order chi connectivity index (χ1) is 24.3. The Balaban J connectivity index is 1.29. The molecule has 3 aromatic heterocycles. The van der Waals surface area contributed by atoms with Crippen molar-refractivity contribution in [2.75, 3.05) is 4.90 Å². The highest BCUT2D eigenvalue weighted by molar-refractivity contribution is 6.17. The van der Waals surface area contributed by atoms with Crippen LogP contribution in [-0.4, -0.2) is 20.6 Å². The highest BCUT2D eigenvalue weighted by atomic mass is 16.3. The monoisotopic (exact) mass is 628 g/mol. The van der Waals surface area contributed by atoms with E-state index in [0.717, 1.165) is 55.5 Å². The summed E-state index contributed by atoms with van der Waals surface area (Å²) >= 11 is 0. The summed E-state index contributed by atoms with van der Waals surface area (Å²) in [6.45, 7) is 0. The molecular formula is C44H28N4O. The van der Waals surface area contributed by atoms with Crippen LogP contribution in [0.15, 0.2) is 162 Å². The largest absolute Gasteiger partial charge is 0.450 e. The molecule has 2 aliphatic rings. The molecule has 0 saturated heterocycles. The van der Waals surface area contributed by atoms with Crippen molar-refractivity contribution in [3.8, 4) is 17.1 Å². The Hall–Kier alpha value is -6.46. The van der Waals surface area contributed by atoms with Crippen LogP contribution in [0.2, 0.25) is 0 Å². The van der Waals surface area contributed by atoms with Gasteiger partial charge < -0.3 is 13.9 Å². The third-order valence-electron chi connectivity index (χ3n) is 10.3. The molecule has 0 fully saturated rings. The average molecular weight is 629 g/mol. The summed E-state index contributed by atoms with van der Waals surface area (Å²) in [6, 6.07) is 47.1. The zero-order chi connectivity index (χ0) is 32.1. The van der Waals surface area contributed by atoms with Gasteiger partial charge in [0, 0.05) is 33.3 Å². The third-order valence-corrected chi connectivity index (χ3v) is 10.3. The van der Waals surface area contributed by atoms with E-state index in [1.54, 1.807) is 0 Å². The Kier molecular flexibility index (Phi) is 5.44. The first kappa shape index (κ1) is 26.6. The van der Waals surface area contributed by atoms with Gasteiger partial charge >= 0.3 is 0 Å². The Bertz CT molecular complexity index is 2850. The lowest BCUT2D eigenvalue weighted by Crippen LogP contribution is -2.29. The molecule has 11 rings (SSSR count). The standard InChI is InChI=1S/C44H28N4O/c1-3-13-27(14-4-1)43-45-39-35-25-28-15-7-8-16-29(28)26-38(35)49-42(39)44(46-43)48-37-22-12-10-20-32(37)34-24-23-33-31-19-9-11-21-36(31)47(40(33)41(34)48)30-17-5-2-6-18-30/h1-26,32,37H. The van der Waals surface area contributed by atoms with E-state index < -0.39 is 0 Å². The summed E-state index contributed by atoms with van der Waals surface area (Å²) in [4.78, 5) is 13.1. The van der Waals surface area contributed by atoms with Crippen molar-refractivity contribution in [1.29, 1.82) is 0 Å². The number of rotatable bonds is 3. The van der Waals surface area contributed by atoms with Crippen LogP contribution in [0.5, 0.6) is 0 Å². The molecule has 6 aromatic carbocycles. The van der Waals surface area contributed by atoms with E-state index in [4.69, 9.17) is 14.4 Å². The van der Waals surface area contributed by atoms with Gasteiger partial charge in [0.25, 0.3) is 0 Å². The van der Waals surface area contributed by atoms with Crippen molar-refractivity contribution in [2.24, 2.45) is 0 Å². The van der Waals surface area contributed by atoms with Gasteiger partial charge in [0.1, 0.15) is 11.1 Å². The van der Waals surface area contributed by atoms with Crippen LogP contribution in [0.1, 0.15) is 11.5 Å². The molecule has 5 nitrogen and oxygen atoms in total. The lowest BCUT2D eigenvalue weighted by atomic mass is 9.91. The van der Waals surface area contributed by atoms with Crippen LogP contribution in [0, 0.1) is 0 Å². The number of nitrogens with zero attached hydrogens (tertiary/aromatic N) is 4. The van der Waals surface area contributed by atoms with Crippen molar-refractivity contribution in [1.82, 2.24) is 14.5 Å². The number of para-hydroxylation sites is 2. The molecule has 0 spiro atoms. The van der Waals surface area contributed by atoms with Gasteiger partial charge in [0.2, 0.25) is 0 Å². The fraction of sp³-hybridized carbons (Fsp3) is 0.0455. The van der Waals surface area contributed by atoms with E-state index in [0.29, 0.717) is 11.4 Å². The SMILES string of the molecule is C1=CC2c3ccc4c5ccccc5n(-c5ccccc5)c4c3N(c3nc(-c4ccccc4)nc4c3oc3cc5ccccc5cc34)C2C=C1. The van der Waals surface area contributed by atoms with Gasteiger partial charge in [0.05, 0.1) is 22.8 Å². The number of hydrogen-bond donors (Lipinski definition) is 0. The van der Waals surface area contributed by atoms with Crippen LogP contribution < -0.4 is 4.90 Å². The third kappa shape index (κ3) is 3.75. The number of hydrogen-bond acceptors (Lipinski definition) is 4. The minimum atomic E-state index is 0.00171. The number of benzene rings is 6. The zero-order valence-corrected chi connectivity index (χ0v) is 26.4. The second-order valence-corrected chi connectivity index (χ2v) is 13.0. The lowest BCUT2D eigenvalue weighted by molar-refractivity contribution is 0.659. The fourth-order valence-electron chi connectivity index (χ4n) is 8.14. The Morgan fingerprint density at radius 3 is 2.20 bits per heavy atom. The maximum absolute atomic E-state index is 6.86. The summed E-state index contributed by atoms with van der Waals surface area (Å²) in [5, 5.41) is 5.70. The summed E-state index contributed by atoms with van der Waals surface area (Å²) in [7, 11) is 0. The molecule has 49 heavy (non-hydrogen) atoms. The summed E-state index contributed by atoms with van der Waals surface area (Å²) < 4.78 is 9.28. The molecule has 0 N–H and O–H groups in total. The minimum absolute atomic E-state index is 0.00171. The van der Waals surface area contributed by atoms with Crippen LogP contribution in [0.4, 0.5) is 11.5 Å². The summed E-state index contributed by atoms with van der Waals surface area (Å²) in [6.07, 6.45) is 8.96. The molecule has 0 bridgehead atoms. The highest BCUT2D eigenvalue weighted by Gasteiger charge is 2.42. The Morgan fingerprint density at radius 1 is 0.612 bits per heavy atom. The van der Waals surface area contributed by atoms with Gasteiger partial charge in [-0.2, -0.15) is 0 Å². The van der Waals surface area contributed by atoms with Gasteiger partial charge in [0.15, 0.2) is 17.2 Å². The molecule has 230 valence electrons. The molecule has 2 unspecified atom stereocenters. The first-order valence-corrected chi connectivity index (χ1v) is 16.8. The normalized spacial score (nSPS) is 16.8. The quantitative estimate of drug-likeness (QED) is 0.195. The van der Waals surface area contributed by atoms with Gasteiger partial charge in [-0.1, -0.05) is 127 Å². The van der Waals surface area contributed by atoms with Crippen molar-refractivity contribution < 1.29 is 4.42 Å². The maximum Gasteiger partial charge on any atom is 0.196 e. The Morgan fingerprint density at radius 2 is 1.35 bits per heavy atom. The van der Waals surface area contributed by atoms with E-state index in [9.17, 15) is 0 Å². The number of fused-ring (bicyclic) bond motifs is 11. The van der Waals surface area contributed by atoms with E-state index in [1.165, 1.54) is 21.9 Å². The highest BCUT2D eigenvalue weighted by Crippen LogP contribution is 2.54. The topological polar surface area (TPSA) is 47.1 Å². The molecule has 2 atom stereocenters. The second kappa shape index (κ2) is 10.0. The van der Waals surface area contributed by atoms with Crippen LogP contribution in [0.25, 0.3) is 71.7 Å². The predicted octanol–water partition coefficient (Wildman–Crippen LogP) is 11.0. The summed E-state index contributed by atoms with van der Waals surface area (Å²) in [5.41, 5.74) is 9.16. The molecular weight excluding hydrogens is 601 g/mol.